The summed E-state index contributed by atoms with van der Waals surface area (Å²) in [6.45, 7) is 2.93. The van der Waals surface area contributed by atoms with E-state index in [-0.39, 0.29) is 17.6 Å². The minimum atomic E-state index is -0.270. The van der Waals surface area contributed by atoms with Crippen molar-refractivity contribution in [2.75, 3.05) is 17.2 Å². The van der Waals surface area contributed by atoms with E-state index in [2.05, 4.69) is 39.5 Å². The summed E-state index contributed by atoms with van der Waals surface area (Å²) in [6, 6.07) is 18.1. The molecule has 6 nitrogen and oxygen atoms in total. The van der Waals surface area contributed by atoms with Crippen LogP contribution in [0.3, 0.4) is 0 Å². The predicted octanol–water partition coefficient (Wildman–Crippen LogP) is 2.61. The van der Waals surface area contributed by atoms with Gasteiger partial charge in [-0.15, -0.1) is 10.2 Å². The molecule has 1 saturated heterocycles. The Morgan fingerprint density at radius 3 is 2.65 bits per heavy atom. The minimum Gasteiger partial charge on any atom is -0.396 e. The van der Waals surface area contributed by atoms with Crippen molar-refractivity contribution in [3.05, 3.63) is 60.3 Å². The summed E-state index contributed by atoms with van der Waals surface area (Å²) in [5.74, 6) is -0.270. The molecule has 4 rings (SSSR count). The topological polar surface area (TPSA) is 84.1 Å². The zero-order chi connectivity index (χ0) is 18.1. The third-order valence-electron chi connectivity index (χ3n) is 4.92. The molecule has 1 aliphatic heterocycles. The molecular formula is C20H21N5O. The molecule has 3 aromatic rings. The van der Waals surface area contributed by atoms with Crippen molar-refractivity contribution >= 4 is 28.2 Å². The van der Waals surface area contributed by atoms with Gasteiger partial charge in [0.2, 0.25) is 0 Å². The van der Waals surface area contributed by atoms with Crippen molar-refractivity contribution in [2.24, 2.45) is 0 Å². The molecule has 1 aromatic heterocycles. The number of benzene rings is 2. The summed E-state index contributed by atoms with van der Waals surface area (Å²) in [4.78, 5) is 15.0. The first-order valence-electron chi connectivity index (χ1n) is 8.77. The lowest BCUT2D eigenvalue weighted by molar-refractivity contribution is 0.0935. The highest BCUT2D eigenvalue weighted by atomic mass is 16.2. The Balaban J connectivity index is 1.51. The van der Waals surface area contributed by atoms with Crippen LogP contribution in [0.25, 0.3) is 10.9 Å². The number of hydrogen-bond donors (Lipinski definition) is 2. The van der Waals surface area contributed by atoms with Crippen molar-refractivity contribution in [3.8, 4) is 0 Å². The second-order valence-electron chi connectivity index (χ2n) is 6.72. The molecule has 1 amide bonds. The van der Waals surface area contributed by atoms with E-state index in [1.807, 2.05) is 42.5 Å². The number of carbonyl (C=O) groups is 1. The van der Waals surface area contributed by atoms with Crippen LogP contribution in [0.5, 0.6) is 0 Å². The summed E-state index contributed by atoms with van der Waals surface area (Å²) >= 11 is 0. The van der Waals surface area contributed by atoms with E-state index in [4.69, 9.17) is 5.73 Å². The quantitative estimate of drug-likeness (QED) is 0.761. The molecule has 0 spiro atoms. The second-order valence-corrected chi connectivity index (χ2v) is 6.72. The SMILES string of the molecule is CC1CC(NC(=O)c2nnc3ccccc3c2N)CN1c1ccccc1. The Kier molecular flexibility index (Phi) is 4.16. The molecule has 26 heavy (non-hydrogen) atoms. The van der Waals surface area contributed by atoms with Crippen molar-refractivity contribution in [3.63, 3.8) is 0 Å². The first-order chi connectivity index (χ1) is 12.6. The number of anilines is 2. The van der Waals surface area contributed by atoms with Crippen LogP contribution in [-0.2, 0) is 0 Å². The Labute approximate surface area is 152 Å². The number of fused-ring (bicyclic) bond motifs is 1. The average molecular weight is 347 g/mol. The fourth-order valence-electron chi connectivity index (χ4n) is 3.61. The maximum atomic E-state index is 12.7. The van der Waals surface area contributed by atoms with Gasteiger partial charge in [-0.05, 0) is 31.5 Å². The highest BCUT2D eigenvalue weighted by Crippen LogP contribution is 2.26. The van der Waals surface area contributed by atoms with Crippen LogP contribution >= 0.6 is 0 Å². The number of hydrogen-bond acceptors (Lipinski definition) is 5. The van der Waals surface area contributed by atoms with Crippen molar-refractivity contribution < 1.29 is 4.79 Å². The number of para-hydroxylation sites is 1. The summed E-state index contributed by atoms with van der Waals surface area (Å²) in [6.07, 6.45) is 0.877. The van der Waals surface area contributed by atoms with Gasteiger partial charge in [0.05, 0.1) is 11.2 Å². The van der Waals surface area contributed by atoms with Gasteiger partial charge in [-0.1, -0.05) is 36.4 Å². The predicted molar refractivity (Wildman–Crippen MR) is 103 cm³/mol. The van der Waals surface area contributed by atoms with Gasteiger partial charge in [0.1, 0.15) is 0 Å². The van der Waals surface area contributed by atoms with Gasteiger partial charge in [-0.3, -0.25) is 4.79 Å². The van der Waals surface area contributed by atoms with Gasteiger partial charge in [0.15, 0.2) is 5.69 Å². The Morgan fingerprint density at radius 2 is 1.85 bits per heavy atom. The van der Waals surface area contributed by atoms with E-state index in [1.165, 1.54) is 5.69 Å². The molecule has 0 bridgehead atoms. The normalized spacial score (nSPS) is 19.7. The van der Waals surface area contributed by atoms with Gasteiger partial charge in [-0.25, -0.2) is 0 Å². The first kappa shape index (κ1) is 16.3. The van der Waals surface area contributed by atoms with Gasteiger partial charge >= 0.3 is 0 Å². The molecule has 2 heterocycles. The third kappa shape index (κ3) is 2.94. The first-order valence-corrected chi connectivity index (χ1v) is 8.77. The van der Waals surface area contributed by atoms with Crippen LogP contribution in [-0.4, -0.2) is 34.7 Å². The third-order valence-corrected chi connectivity index (χ3v) is 4.92. The molecule has 3 N–H and O–H groups in total. The van der Waals surface area contributed by atoms with Crippen LogP contribution in [0.15, 0.2) is 54.6 Å². The molecule has 2 unspecified atom stereocenters. The fourth-order valence-corrected chi connectivity index (χ4v) is 3.61. The highest BCUT2D eigenvalue weighted by Gasteiger charge is 2.31. The van der Waals surface area contributed by atoms with Crippen LogP contribution in [0, 0.1) is 0 Å². The fraction of sp³-hybridized carbons (Fsp3) is 0.250. The number of nitrogens with zero attached hydrogens (tertiary/aromatic N) is 3. The highest BCUT2D eigenvalue weighted by molar-refractivity contribution is 6.04. The molecule has 2 aromatic carbocycles. The van der Waals surface area contributed by atoms with Crippen LogP contribution in [0.1, 0.15) is 23.8 Å². The molecule has 0 saturated carbocycles. The van der Waals surface area contributed by atoms with E-state index < -0.39 is 0 Å². The summed E-state index contributed by atoms with van der Waals surface area (Å²) in [5, 5.41) is 12.0. The van der Waals surface area contributed by atoms with Crippen LogP contribution in [0.2, 0.25) is 0 Å². The van der Waals surface area contributed by atoms with E-state index >= 15 is 0 Å². The molecule has 6 heteroatoms. The van der Waals surface area contributed by atoms with Gasteiger partial charge in [-0.2, -0.15) is 0 Å². The minimum absolute atomic E-state index is 0.0466. The molecular weight excluding hydrogens is 326 g/mol. The van der Waals surface area contributed by atoms with Gasteiger partial charge < -0.3 is 16.0 Å². The van der Waals surface area contributed by atoms with E-state index in [9.17, 15) is 4.79 Å². The Morgan fingerprint density at radius 1 is 1.12 bits per heavy atom. The Bertz CT molecular complexity index is 943. The number of carbonyl (C=O) groups excluding carboxylic acids is 1. The zero-order valence-corrected chi connectivity index (χ0v) is 14.6. The Hall–Kier alpha value is -3.15. The van der Waals surface area contributed by atoms with Crippen LogP contribution < -0.4 is 16.0 Å². The summed E-state index contributed by atoms with van der Waals surface area (Å²) in [7, 11) is 0. The van der Waals surface area contributed by atoms with Crippen LogP contribution in [0.4, 0.5) is 11.4 Å². The maximum absolute atomic E-state index is 12.7. The standard InChI is InChI=1S/C20H21N5O/c1-13-11-14(12-25(13)15-7-3-2-4-8-15)22-20(26)19-18(21)16-9-5-6-10-17(16)23-24-19/h2-10,13-14H,11-12H2,1H3,(H2,21,23)(H,22,26). The van der Waals surface area contributed by atoms with Crippen molar-refractivity contribution in [2.45, 2.75) is 25.4 Å². The monoisotopic (exact) mass is 347 g/mol. The molecule has 0 radical (unpaired) electrons. The van der Waals surface area contributed by atoms with Gasteiger partial charge in [0, 0.05) is 29.7 Å². The van der Waals surface area contributed by atoms with Gasteiger partial charge in [0.25, 0.3) is 5.91 Å². The second kappa shape index (κ2) is 6.63. The van der Waals surface area contributed by atoms with E-state index in [0.717, 1.165) is 18.4 Å². The molecule has 1 aliphatic rings. The van der Waals surface area contributed by atoms with Crippen molar-refractivity contribution in [1.82, 2.24) is 15.5 Å². The lowest BCUT2D eigenvalue weighted by Crippen LogP contribution is -2.38. The largest absolute Gasteiger partial charge is 0.396 e. The average Bonchev–Trinajstić information content (AvgIpc) is 3.03. The summed E-state index contributed by atoms with van der Waals surface area (Å²) < 4.78 is 0. The molecule has 132 valence electrons. The lowest BCUT2D eigenvalue weighted by Gasteiger charge is -2.23. The number of aromatic nitrogens is 2. The molecule has 1 fully saturated rings. The zero-order valence-electron chi connectivity index (χ0n) is 14.6. The number of nitrogens with two attached hydrogens (primary N) is 1. The number of nitrogens with one attached hydrogen (secondary N) is 1. The summed E-state index contributed by atoms with van der Waals surface area (Å²) in [5.41, 5.74) is 8.58. The lowest BCUT2D eigenvalue weighted by atomic mass is 10.1. The molecule has 2 atom stereocenters. The van der Waals surface area contributed by atoms with E-state index in [1.54, 1.807) is 0 Å². The smallest absolute Gasteiger partial charge is 0.274 e. The maximum Gasteiger partial charge on any atom is 0.274 e. The molecule has 0 aliphatic carbocycles. The van der Waals surface area contributed by atoms with Crippen molar-refractivity contribution in [1.29, 1.82) is 0 Å². The number of rotatable bonds is 3. The van der Waals surface area contributed by atoms with E-state index in [0.29, 0.717) is 17.2 Å². The number of nitrogen functional groups attached to an aromatic ring is 1. The number of amides is 1.